The molecule has 0 amide bonds. The average Bonchev–Trinajstić information content (AvgIpc) is 2.86. The molecular formula is C16H18N4O. The number of nitrogens with two attached hydrogens (primary N) is 1. The molecule has 2 aromatic heterocycles. The molecule has 3 rings (SSSR count). The van der Waals surface area contributed by atoms with E-state index in [4.69, 9.17) is 15.5 Å². The molecule has 3 aromatic rings. The van der Waals surface area contributed by atoms with Crippen molar-refractivity contribution in [2.75, 3.05) is 12.8 Å². The molecule has 0 aliphatic heterocycles. The fourth-order valence-electron chi connectivity index (χ4n) is 2.49. The van der Waals surface area contributed by atoms with Gasteiger partial charge in [-0.25, -0.2) is 9.97 Å². The van der Waals surface area contributed by atoms with Crippen LogP contribution >= 0.6 is 0 Å². The monoisotopic (exact) mass is 282 g/mol. The number of hydrogen-bond acceptors (Lipinski definition) is 4. The first kappa shape index (κ1) is 13.4. The summed E-state index contributed by atoms with van der Waals surface area (Å²) in [4.78, 5) is 9.17. The van der Waals surface area contributed by atoms with Crippen LogP contribution in [0.4, 0.5) is 5.69 Å². The van der Waals surface area contributed by atoms with Gasteiger partial charge in [0, 0.05) is 24.5 Å². The Bertz CT molecular complexity index is 779. The Balaban J connectivity index is 2.26. The highest BCUT2D eigenvalue weighted by atomic mass is 16.5. The summed E-state index contributed by atoms with van der Waals surface area (Å²) >= 11 is 0. The van der Waals surface area contributed by atoms with Gasteiger partial charge in [0.05, 0.1) is 12.7 Å². The zero-order valence-electron chi connectivity index (χ0n) is 12.2. The van der Waals surface area contributed by atoms with Crippen molar-refractivity contribution in [3.8, 4) is 17.1 Å². The van der Waals surface area contributed by atoms with E-state index in [0.29, 0.717) is 5.69 Å². The van der Waals surface area contributed by atoms with Crippen molar-refractivity contribution >= 4 is 16.9 Å². The van der Waals surface area contributed by atoms with Gasteiger partial charge in [0.1, 0.15) is 17.1 Å². The zero-order valence-corrected chi connectivity index (χ0v) is 12.2. The number of pyridine rings is 1. The topological polar surface area (TPSA) is 66.0 Å². The van der Waals surface area contributed by atoms with Crippen LogP contribution in [-0.4, -0.2) is 21.6 Å². The van der Waals surface area contributed by atoms with Crippen LogP contribution in [0, 0.1) is 0 Å². The third kappa shape index (κ3) is 2.31. The maximum Gasteiger partial charge on any atom is 0.160 e. The first-order chi connectivity index (χ1) is 10.2. The van der Waals surface area contributed by atoms with E-state index < -0.39 is 0 Å². The Morgan fingerprint density at radius 3 is 2.90 bits per heavy atom. The van der Waals surface area contributed by atoms with Gasteiger partial charge < -0.3 is 15.0 Å². The minimum atomic E-state index is 0.673. The van der Waals surface area contributed by atoms with Gasteiger partial charge in [0.15, 0.2) is 5.65 Å². The summed E-state index contributed by atoms with van der Waals surface area (Å²) in [5, 5.41) is 0. The van der Waals surface area contributed by atoms with Crippen LogP contribution in [0.1, 0.15) is 13.3 Å². The second-order valence-electron chi connectivity index (χ2n) is 4.89. The minimum absolute atomic E-state index is 0.673. The van der Waals surface area contributed by atoms with Gasteiger partial charge in [-0.1, -0.05) is 6.92 Å². The number of nitrogen functional groups attached to an aromatic ring is 1. The number of ether oxygens (including phenoxy) is 1. The number of nitrogens with zero attached hydrogens (tertiary/aromatic N) is 3. The fourth-order valence-corrected chi connectivity index (χ4v) is 2.49. The number of hydrogen-bond donors (Lipinski definition) is 1. The molecule has 0 spiro atoms. The summed E-state index contributed by atoms with van der Waals surface area (Å²) in [6.07, 6.45) is 2.80. The van der Waals surface area contributed by atoms with E-state index in [1.807, 2.05) is 30.3 Å². The van der Waals surface area contributed by atoms with Crippen molar-refractivity contribution < 1.29 is 4.74 Å². The predicted octanol–water partition coefficient (Wildman–Crippen LogP) is 3.10. The number of aryl methyl sites for hydroxylation is 1. The van der Waals surface area contributed by atoms with Gasteiger partial charge in [-0.05, 0) is 30.7 Å². The van der Waals surface area contributed by atoms with Gasteiger partial charge >= 0.3 is 0 Å². The summed E-state index contributed by atoms with van der Waals surface area (Å²) in [5.41, 5.74) is 9.22. The second-order valence-corrected chi connectivity index (χ2v) is 4.89. The molecule has 2 N–H and O–H groups in total. The molecule has 21 heavy (non-hydrogen) atoms. The highest BCUT2D eigenvalue weighted by molar-refractivity contribution is 5.79. The van der Waals surface area contributed by atoms with Gasteiger partial charge in [0.25, 0.3) is 0 Å². The van der Waals surface area contributed by atoms with E-state index in [0.717, 1.165) is 41.3 Å². The molecular weight excluding hydrogens is 264 g/mol. The number of benzene rings is 1. The van der Waals surface area contributed by atoms with Crippen molar-refractivity contribution in [1.29, 1.82) is 0 Å². The van der Waals surface area contributed by atoms with Gasteiger partial charge in [-0.2, -0.15) is 0 Å². The van der Waals surface area contributed by atoms with Crippen LogP contribution in [0.3, 0.4) is 0 Å². The Kier molecular flexibility index (Phi) is 3.48. The molecule has 1 aromatic carbocycles. The number of rotatable bonds is 4. The Labute approximate surface area is 123 Å². The molecule has 5 heteroatoms. The van der Waals surface area contributed by atoms with Crippen LogP contribution in [-0.2, 0) is 6.54 Å². The highest BCUT2D eigenvalue weighted by Gasteiger charge is 2.16. The third-order valence-corrected chi connectivity index (χ3v) is 3.42. The number of fused-ring (bicyclic) bond motifs is 1. The van der Waals surface area contributed by atoms with Crippen molar-refractivity contribution in [2.24, 2.45) is 0 Å². The third-order valence-electron chi connectivity index (χ3n) is 3.42. The van der Waals surface area contributed by atoms with Crippen molar-refractivity contribution in [1.82, 2.24) is 14.5 Å². The van der Waals surface area contributed by atoms with Gasteiger partial charge in [0.2, 0.25) is 0 Å². The zero-order chi connectivity index (χ0) is 14.8. The SMILES string of the molecule is CCCn1c(-c2ccc(N)cc2OC)nc2cccnc21. The Morgan fingerprint density at radius 1 is 1.29 bits per heavy atom. The predicted molar refractivity (Wildman–Crippen MR) is 84.2 cm³/mol. The second kappa shape index (κ2) is 5.44. The normalized spacial score (nSPS) is 11.0. The fraction of sp³-hybridized carbons (Fsp3) is 0.250. The first-order valence-corrected chi connectivity index (χ1v) is 6.99. The molecule has 108 valence electrons. The van der Waals surface area contributed by atoms with Crippen LogP contribution in [0.2, 0.25) is 0 Å². The lowest BCUT2D eigenvalue weighted by molar-refractivity contribution is 0.416. The minimum Gasteiger partial charge on any atom is -0.496 e. The van der Waals surface area contributed by atoms with E-state index in [1.165, 1.54) is 0 Å². The standard InChI is InChI=1S/C16H18N4O/c1-3-9-20-15(19-13-5-4-8-18-16(13)20)12-7-6-11(17)10-14(12)21-2/h4-8,10H,3,9,17H2,1-2H3. The molecule has 0 saturated heterocycles. The molecule has 5 nitrogen and oxygen atoms in total. The molecule has 0 aliphatic rings. The average molecular weight is 282 g/mol. The number of anilines is 1. The van der Waals surface area contributed by atoms with Crippen molar-refractivity contribution in [3.05, 3.63) is 36.5 Å². The molecule has 0 bridgehead atoms. The number of imidazole rings is 1. The molecule has 2 heterocycles. The summed E-state index contributed by atoms with van der Waals surface area (Å²) < 4.78 is 7.58. The maximum atomic E-state index is 5.83. The molecule has 0 unspecified atom stereocenters. The quantitative estimate of drug-likeness (QED) is 0.747. The number of aromatic nitrogens is 3. The van der Waals surface area contributed by atoms with E-state index in [2.05, 4.69) is 16.5 Å². The van der Waals surface area contributed by atoms with E-state index in [1.54, 1.807) is 13.3 Å². The van der Waals surface area contributed by atoms with Crippen LogP contribution < -0.4 is 10.5 Å². The summed E-state index contributed by atoms with van der Waals surface area (Å²) in [7, 11) is 1.64. The Hall–Kier alpha value is -2.56. The van der Waals surface area contributed by atoms with Crippen molar-refractivity contribution in [2.45, 2.75) is 19.9 Å². The summed E-state index contributed by atoms with van der Waals surface area (Å²) in [6.45, 7) is 3.00. The van der Waals surface area contributed by atoms with E-state index in [-0.39, 0.29) is 0 Å². The molecule has 0 saturated carbocycles. The van der Waals surface area contributed by atoms with Crippen LogP contribution in [0.25, 0.3) is 22.6 Å². The molecule has 0 atom stereocenters. The lowest BCUT2D eigenvalue weighted by Gasteiger charge is -2.11. The highest BCUT2D eigenvalue weighted by Crippen LogP contribution is 2.33. The molecule has 0 radical (unpaired) electrons. The van der Waals surface area contributed by atoms with E-state index >= 15 is 0 Å². The lowest BCUT2D eigenvalue weighted by Crippen LogP contribution is -2.02. The van der Waals surface area contributed by atoms with E-state index in [9.17, 15) is 0 Å². The molecule has 0 aliphatic carbocycles. The molecule has 0 fully saturated rings. The van der Waals surface area contributed by atoms with Crippen molar-refractivity contribution in [3.63, 3.8) is 0 Å². The number of methoxy groups -OCH3 is 1. The summed E-state index contributed by atoms with van der Waals surface area (Å²) in [6, 6.07) is 9.50. The first-order valence-electron chi connectivity index (χ1n) is 6.99. The maximum absolute atomic E-state index is 5.83. The van der Waals surface area contributed by atoms with Crippen LogP contribution in [0.5, 0.6) is 5.75 Å². The smallest absolute Gasteiger partial charge is 0.160 e. The largest absolute Gasteiger partial charge is 0.496 e. The summed E-state index contributed by atoms with van der Waals surface area (Å²) in [5.74, 6) is 1.59. The lowest BCUT2D eigenvalue weighted by atomic mass is 10.1. The Morgan fingerprint density at radius 2 is 2.14 bits per heavy atom. The van der Waals surface area contributed by atoms with Gasteiger partial charge in [-0.15, -0.1) is 0 Å². The van der Waals surface area contributed by atoms with Crippen LogP contribution in [0.15, 0.2) is 36.5 Å². The van der Waals surface area contributed by atoms with Gasteiger partial charge in [-0.3, -0.25) is 0 Å².